The molecule has 78 valence electrons. The normalized spacial score (nSPS) is 19.4. The van der Waals surface area contributed by atoms with E-state index < -0.39 is 0 Å². The van der Waals surface area contributed by atoms with E-state index in [4.69, 9.17) is 5.11 Å². The molecular weight excluding hydrogens is 186 g/mol. The largest absolute Gasteiger partial charge is 0.392 e. The minimum absolute atomic E-state index is 0.121. The third-order valence-electron chi connectivity index (χ3n) is 2.66. The molecule has 0 aliphatic carbocycles. The first-order valence-corrected chi connectivity index (χ1v) is 5.25. The summed E-state index contributed by atoms with van der Waals surface area (Å²) in [7, 11) is 0. The predicted octanol–water partition coefficient (Wildman–Crippen LogP) is 2.33. The number of hydrogen-bond donors (Lipinski definition) is 1. The molecule has 1 heterocycles. The Labute approximate surface area is 90.0 Å². The summed E-state index contributed by atoms with van der Waals surface area (Å²) in [6.07, 6.45) is 8.06. The van der Waals surface area contributed by atoms with Gasteiger partial charge in [-0.2, -0.15) is 0 Å². The number of benzene rings is 1. The highest BCUT2D eigenvalue weighted by Crippen LogP contribution is 2.16. The highest BCUT2D eigenvalue weighted by atomic mass is 16.3. The quantitative estimate of drug-likeness (QED) is 0.799. The molecule has 1 atom stereocenters. The Morgan fingerprint density at radius 1 is 1.20 bits per heavy atom. The van der Waals surface area contributed by atoms with Gasteiger partial charge in [0.2, 0.25) is 0 Å². The van der Waals surface area contributed by atoms with Gasteiger partial charge in [0.25, 0.3) is 0 Å². The van der Waals surface area contributed by atoms with E-state index in [-0.39, 0.29) is 6.61 Å². The van der Waals surface area contributed by atoms with Crippen LogP contribution in [0.2, 0.25) is 0 Å². The molecule has 0 fully saturated rings. The molecule has 0 saturated carbocycles. The van der Waals surface area contributed by atoms with E-state index in [2.05, 4.69) is 23.2 Å². The van der Waals surface area contributed by atoms with Gasteiger partial charge in [-0.3, -0.25) is 4.99 Å². The maximum Gasteiger partial charge on any atom is 0.0681 e. The van der Waals surface area contributed by atoms with Crippen LogP contribution >= 0.6 is 0 Å². The fourth-order valence-electron chi connectivity index (χ4n) is 1.74. The van der Waals surface area contributed by atoms with Crippen molar-refractivity contribution in [1.82, 2.24) is 0 Å². The molecule has 0 spiro atoms. The van der Waals surface area contributed by atoms with E-state index in [1.54, 1.807) is 0 Å². The molecule has 0 aromatic heterocycles. The van der Waals surface area contributed by atoms with Crippen molar-refractivity contribution in [1.29, 1.82) is 0 Å². The number of rotatable bonds is 3. The molecule has 0 amide bonds. The first-order valence-electron chi connectivity index (χ1n) is 5.25. The Bertz CT molecular complexity index is 365. The lowest BCUT2D eigenvalue weighted by Crippen LogP contribution is -2.04. The number of hydrogen-bond acceptors (Lipinski definition) is 2. The van der Waals surface area contributed by atoms with Gasteiger partial charge in [0.15, 0.2) is 0 Å². The van der Waals surface area contributed by atoms with Crippen molar-refractivity contribution in [3.63, 3.8) is 0 Å². The van der Waals surface area contributed by atoms with Crippen molar-refractivity contribution in [2.45, 2.75) is 19.4 Å². The fraction of sp³-hybridized carbons (Fsp3) is 0.308. The van der Waals surface area contributed by atoms with Crippen LogP contribution in [0.25, 0.3) is 0 Å². The maximum absolute atomic E-state index is 8.92. The molecule has 15 heavy (non-hydrogen) atoms. The van der Waals surface area contributed by atoms with Gasteiger partial charge in [0, 0.05) is 12.4 Å². The summed E-state index contributed by atoms with van der Waals surface area (Å²) in [6.45, 7) is 0.121. The molecule has 1 unspecified atom stereocenters. The van der Waals surface area contributed by atoms with Crippen LogP contribution in [0.1, 0.15) is 17.5 Å². The van der Waals surface area contributed by atoms with Crippen LogP contribution in [0.4, 0.5) is 0 Å². The second-order valence-corrected chi connectivity index (χ2v) is 3.85. The van der Waals surface area contributed by atoms with Gasteiger partial charge in [-0.25, -0.2) is 0 Å². The fourth-order valence-corrected chi connectivity index (χ4v) is 1.74. The monoisotopic (exact) mass is 201 g/mol. The summed E-state index contributed by atoms with van der Waals surface area (Å²) < 4.78 is 0. The molecule has 0 radical (unpaired) electrons. The Balaban J connectivity index is 1.98. The van der Waals surface area contributed by atoms with Gasteiger partial charge in [0.1, 0.15) is 0 Å². The molecule has 1 aliphatic rings. The number of aliphatic imine (C=N–C) groups is 1. The molecule has 0 bridgehead atoms. The van der Waals surface area contributed by atoms with E-state index in [0.717, 1.165) is 18.4 Å². The molecule has 2 rings (SSSR count). The van der Waals surface area contributed by atoms with Gasteiger partial charge in [0.05, 0.1) is 6.61 Å². The molecule has 1 N–H and O–H groups in total. The van der Waals surface area contributed by atoms with Gasteiger partial charge in [-0.1, -0.05) is 30.3 Å². The van der Waals surface area contributed by atoms with Gasteiger partial charge in [-0.05, 0) is 29.9 Å². The van der Waals surface area contributed by atoms with Crippen LogP contribution in [0.5, 0.6) is 0 Å². The van der Waals surface area contributed by atoms with Crippen LogP contribution in [0.3, 0.4) is 0 Å². The summed E-state index contributed by atoms with van der Waals surface area (Å²) in [5, 5.41) is 8.92. The summed E-state index contributed by atoms with van der Waals surface area (Å²) in [4.78, 5) is 4.06. The smallest absolute Gasteiger partial charge is 0.0681 e. The number of aliphatic hydroxyl groups excluding tert-OH is 1. The van der Waals surface area contributed by atoms with Crippen molar-refractivity contribution >= 4 is 6.21 Å². The lowest BCUT2D eigenvalue weighted by molar-refractivity contribution is 0.282. The Morgan fingerprint density at radius 2 is 1.93 bits per heavy atom. The average Bonchev–Trinajstić information content (AvgIpc) is 2.31. The van der Waals surface area contributed by atoms with E-state index >= 15 is 0 Å². The number of nitrogens with zero attached hydrogens (tertiary/aromatic N) is 1. The molecule has 0 saturated heterocycles. The maximum atomic E-state index is 8.92. The SMILES string of the molecule is OCc1ccc(CC2C=CN=CC2)cc1. The van der Waals surface area contributed by atoms with Crippen LogP contribution in [0, 0.1) is 5.92 Å². The summed E-state index contributed by atoms with van der Waals surface area (Å²) in [5.74, 6) is 0.572. The van der Waals surface area contributed by atoms with Crippen molar-refractivity contribution in [2.24, 2.45) is 10.9 Å². The summed E-state index contributed by atoms with van der Waals surface area (Å²) in [6, 6.07) is 8.14. The molecule has 1 aliphatic heterocycles. The summed E-state index contributed by atoms with van der Waals surface area (Å²) >= 11 is 0. The minimum atomic E-state index is 0.121. The zero-order valence-electron chi connectivity index (χ0n) is 8.63. The van der Waals surface area contributed by atoms with Crippen molar-refractivity contribution < 1.29 is 5.11 Å². The van der Waals surface area contributed by atoms with Crippen LogP contribution < -0.4 is 0 Å². The second-order valence-electron chi connectivity index (χ2n) is 3.85. The highest BCUT2D eigenvalue weighted by Gasteiger charge is 2.06. The standard InChI is InChI=1S/C13H15NO/c15-10-13-3-1-11(2-4-13)9-12-5-7-14-8-6-12/h1-5,7-8,12,15H,6,9-10H2. The summed E-state index contributed by atoms with van der Waals surface area (Å²) in [5.41, 5.74) is 2.29. The lowest BCUT2D eigenvalue weighted by Gasteiger charge is -2.12. The lowest BCUT2D eigenvalue weighted by atomic mass is 9.95. The number of allylic oxidation sites excluding steroid dienone is 1. The van der Waals surface area contributed by atoms with E-state index in [9.17, 15) is 0 Å². The van der Waals surface area contributed by atoms with Gasteiger partial charge in [-0.15, -0.1) is 0 Å². The Kier molecular flexibility index (Phi) is 3.30. The zero-order valence-corrected chi connectivity index (χ0v) is 8.63. The highest BCUT2D eigenvalue weighted by molar-refractivity contribution is 5.60. The first kappa shape index (κ1) is 10.1. The van der Waals surface area contributed by atoms with Crippen LogP contribution in [0.15, 0.2) is 41.5 Å². The first-order chi connectivity index (χ1) is 7.38. The topological polar surface area (TPSA) is 32.6 Å². The van der Waals surface area contributed by atoms with Crippen molar-refractivity contribution in [3.8, 4) is 0 Å². The third-order valence-corrected chi connectivity index (χ3v) is 2.66. The Morgan fingerprint density at radius 3 is 2.53 bits per heavy atom. The predicted molar refractivity (Wildman–Crippen MR) is 61.8 cm³/mol. The van der Waals surface area contributed by atoms with Crippen molar-refractivity contribution in [3.05, 3.63) is 47.7 Å². The molecule has 2 nitrogen and oxygen atoms in total. The molecular formula is C13H15NO. The van der Waals surface area contributed by atoms with Gasteiger partial charge >= 0.3 is 0 Å². The van der Waals surface area contributed by atoms with E-state index in [1.807, 2.05) is 24.5 Å². The number of aliphatic hydroxyl groups is 1. The minimum Gasteiger partial charge on any atom is -0.392 e. The van der Waals surface area contributed by atoms with Crippen molar-refractivity contribution in [2.75, 3.05) is 0 Å². The molecule has 2 heteroatoms. The van der Waals surface area contributed by atoms with Crippen LogP contribution in [-0.4, -0.2) is 11.3 Å². The average molecular weight is 201 g/mol. The van der Waals surface area contributed by atoms with Crippen LogP contribution in [-0.2, 0) is 13.0 Å². The van der Waals surface area contributed by atoms with Gasteiger partial charge < -0.3 is 5.11 Å². The van der Waals surface area contributed by atoms with E-state index in [1.165, 1.54) is 5.56 Å². The van der Waals surface area contributed by atoms with E-state index in [0.29, 0.717) is 5.92 Å². The third kappa shape index (κ3) is 2.77. The Hall–Kier alpha value is -1.41. The second kappa shape index (κ2) is 4.89. The molecule has 1 aromatic carbocycles. The zero-order chi connectivity index (χ0) is 10.5. The molecule has 1 aromatic rings.